The Morgan fingerprint density at radius 3 is 2.72 bits per heavy atom. The van der Waals surface area contributed by atoms with Crippen molar-refractivity contribution in [2.45, 2.75) is 24.9 Å². The molecule has 1 aromatic carbocycles. The Labute approximate surface area is 146 Å². The molecule has 1 fully saturated rings. The molecule has 1 heterocycles. The molecule has 1 unspecified atom stereocenters. The number of nitrogens with one attached hydrogen (secondary N) is 3. The molecule has 8 heteroatoms. The number of halogens is 2. The fraction of sp³-hybridized carbons (Fsp3) is 0.529. The highest BCUT2D eigenvalue weighted by molar-refractivity contribution is 5.94. The third kappa shape index (κ3) is 6.06. The number of amides is 2. The second kappa shape index (κ2) is 8.35. The number of hydrogen-bond donors (Lipinski definition) is 3. The lowest BCUT2D eigenvalue weighted by Gasteiger charge is -2.12. The van der Waals surface area contributed by atoms with Crippen molar-refractivity contribution in [2.75, 3.05) is 33.7 Å². The van der Waals surface area contributed by atoms with Gasteiger partial charge in [-0.25, -0.2) is 8.78 Å². The predicted octanol–water partition coefficient (Wildman–Crippen LogP) is 0.591. The summed E-state index contributed by atoms with van der Waals surface area (Å²) in [6, 6.07) is 5.99. The predicted molar refractivity (Wildman–Crippen MR) is 90.5 cm³/mol. The number of carbonyl (C=O) groups is 2. The molecule has 0 aromatic heterocycles. The molecule has 0 saturated carbocycles. The summed E-state index contributed by atoms with van der Waals surface area (Å²) in [5.41, 5.74) is 1.23. The summed E-state index contributed by atoms with van der Waals surface area (Å²) < 4.78 is 26.2. The molecule has 2 amide bonds. The van der Waals surface area contributed by atoms with Crippen LogP contribution in [0.3, 0.4) is 0 Å². The third-order valence-electron chi connectivity index (χ3n) is 3.93. The Balaban J connectivity index is 1.84. The molecule has 0 spiro atoms. The minimum Gasteiger partial charge on any atom is -0.351 e. The average Bonchev–Trinajstić information content (AvgIpc) is 2.92. The minimum atomic E-state index is -2.84. The van der Waals surface area contributed by atoms with Crippen LogP contribution in [0.4, 0.5) is 8.78 Å². The van der Waals surface area contributed by atoms with E-state index in [1.54, 1.807) is 24.3 Å². The number of benzene rings is 1. The molecule has 0 aliphatic carbocycles. The van der Waals surface area contributed by atoms with Crippen molar-refractivity contribution >= 4 is 11.8 Å². The summed E-state index contributed by atoms with van der Waals surface area (Å²) in [7, 11) is 3.84. The monoisotopic (exact) mass is 354 g/mol. The summed E-state index contributed by atoms with van der Waals surface area (Å²) in [4.78, 5) is 26.0. The molecule has 1 saturated heterocycles. The molecule has 138 valence electrons. The number of likely N-dealkylation sites (N-methyl/N-ethyl adjacent to an activating group) is 1. The Morgan fingerprint density at radius 1 is 1.32 bits per heavy atom. The quantitative estimate of drug-likeness (QED) is 0.670. The lowest BCUT2D eigenvalue weighted by molar-refractivity contribution is -0.123. The summed E-state index contributed by atoms with van der Waals surface area (Å²) in [6.07, 6.45) is -0.493. The second-order valence-electron chi connectivity index (χ2n) is 6.47. The normalized spacial score (nSPS) is 19.0. The van der Waals surface area contributed by atoms with Gasteiger partial charge in [-0.15, -0.1) is 0 Å². The Hall–Kier alpha value is -2.06. The first-order chi connectivity index (χ1) is 11.8. The van der Waals surface area contributed by atoms with E-state index >= 15 is 0 Å². The SMILES string of the molecule is CN(C)CCNC(=O)c1cccc(CNC(=O)C2CC(F)(F)CN2)c1. The lowest BCUT2D eigenvalue weighted by Crippen LogP contribution is -2.40. The van der Waals surface area contributed by atoms with Crippen LogP contribution in [0.25, 0.3) is 0 Å². The van der Waals surface area contributed by atoms with Gasteiger partial charge in [0.1, 0.15) is 0 Å². The molecule has 25 heavy (non-hydrogen) atoms. The van der Waals surface area contributed by atoms with Crippen LogP contribution in [-0.2, 0) is 11.3 Å². The zero-order valence-electron chi connectivity index (χ0n) is 14.4. The third-order valence-corrected chi connectivity index (χ3v) is 3.93. The van der Waals surface area contributed by atoms with E-state index in [1.807, 2.05) is 19.0 Å². The first-order valence-corrected chi connectivity index (χ1v) is 8.18. The number of hydrogen-bond acceptors (Lipinski definition) is 4. The van der Waals surface area contributed by atoms with Gasteiger partial charge in [-0.2, -0.15) is 0 Å². The Morgan fingerprint density at radius 2 is 2.08 bits per heavy atom. The molecule has 6 nitrogen and oxygen atoms in total. The van der Waals surface area contributed by atoms with E-state index in [2.05, 4.69) is 16.0 Å². The van der Waals surface area contributed by atoms with Crippen LogP contribution in [0.5, 0.6) is 0 Å². The van der Waals surface area contributed by atoms with Crippen LogP contribution in [0.2, 0.25) is 0 Å². The molecule has 0 radical (unpaired) electrons. The highest BCUT2D eigenvalue weighted by Gasteiger charge is 2.42. The largest absolute Gasteiger partial charge is 0.351 e. The molecular weight excluding hydrogens is 330 g/mol. The Bertz CT molecular complexity index is 622. The summed E-state index contributed by atoms with van der Waals surface area (Å²) >= 11 is 0. The highest BCUT2D eigenvalue weighted by Crippen LogP contribution is 2.25. The van der Waals surface area contributed by atoms with Gasteiger partial charge in [0.2, 0.25) is 5.91 Å². The van der Waals surface area contributed by atoms with Crippen molar-refractivity contribution in [3.05, 3.63) is 35.4 Å². The lowest BCUT2D eigenvalue weighted by atomic mass is 10.1. The van der Waals surface area contributed by atoms with E-state index in [9.17, 15) is 18.4 Å². The van der Waals surface area contributed by atoms with Crippen molar-refractivity contribution in [3.63, 3.8) is 0 Å². The van der Waals surface area contributed by atoms with Gasteiger partial charge in [0, 0.05) is 31.6 Å². The topological polar surface area (TPSA) is 73.5 Å². The van der Waals surface area contributed by atoms with E-state index in [4.69, 9.17) is 0 Å². The van der Waals surface area contributed by atoms with E-state index in [-0.39, 0.29) is 12.5 Å². The Kier molecular flexibility index (Phi) is 6.44. The molecule has 0 bridgehead atoms. The van der Waals surface area contributed by atoms with Gasteiger partial charge in [0.25, 0.3) is 11.8 Å². The fourth-order valence-corrected chi connectivity index (χ4v) is 2.53. The van der Waals surface area contributed by atoms with E-state index < -0.39 is 30.8 Å². The number of carbonyl (C=O) groups excluding carboxylic acids is 2. The number of alkyl halides is 2. The number of nitrogens with zero attached hydrogens (tertiary/aromatic N) is 1. The van der Waals surface area contributed by atoms with Gasteiger partial charge in [0.05, 0.1) is 12.6 Å². The summed E-state index contributed by atoms with van der Waals surface area (Å²) in [5, 5.41) is 7.96. The first kappa shape index (κ1) is 19.3. The molecule has 1 aliphatic heterocycles. The summed E-state index contributed by atoms with van der Waals surface area (Å²) in [6.45, 7) is 0.976. The fourth-order valence-electron chi connectivity index (χ4n) is 2.53. The molecule has 1 atom stereocenters. The van der Waals surface area contributed by atoms with Crippen molar-refractivity contribution in [3.8, 4) is 0 Å². The van der Waals surface area contributed by atoms with Crippen molar-refractivity contribution in [1.29, 1.82) is 0 Å². The molecule has 2 rings (SSSR count). The zero-order valence-corrected chi connectivity index (χ0v) is 14.4. The number of rotatable bonds is 7. The van der Waals surface area contributed by atoms with Gasteiger partial charge < -0.3 is 15.5 Å². The van der Waals surface area contributed by atoms with Crippen LogP contribution in [0.15, 0.2) is 24.3 Å². The van der Waals surface area contributed by atoms with E-state index in [0.717, 1.165) is 12.1 Å². The smallest absolute Gasteiger partial charge is 0.262 e. The minimum absolute atomic E-state index is 0.182. The van der Waals surface area contributed by atoms with Gasteiger partial charge in [-0.05, 0) is 31.8 Å². The molecule has 3 N–H and O–H groups in total. The standard InChI is InChI=1S/C17H24F2N4O2/c1-23(2)7-6-20-15(24)13-5-3-4-12(8-13)10-21-16(25)14-9-17(18,19)11-22-14/h3-5,8,14,22H,6-7,9-11H2,1-2H3,(H,20,24)(H,21,25). The summed E-state index contributed by atoms with van der Waals surface area (Å²) in [5.74, 6) is -3.49. The van der Waals surface area contributed by atoms with Crippen molar-refractivity contribution in [2.24, 2.45) is 0 Å². The maximum atomic E-state index is 13.1. The van der Waals surface area contributed by atoms with Crippen LogP contribution >= 0.6 is 0 Å². The van der Waals surface area contributed by atoms with Gasteiger partial charge in [0.15, 0.2) is 0 Å². The van der Waals surface area contributed by atoms with Crippen molar-refractivity contribution < 1.29 is 18.4 Å². The maximum Gasteiger partial charge on any atom is 0.262 e. The van der Waals surface area contributed by atoms with Crippen LogP contribution in [0.1, 0.15) is 22.3 Å². The van der Waals surface area contributed by atoms with Crippen LogP contribution in [0, 0.1) is 0 Å². The average molecular weight is 354 g/mol. The molecular formula is C17H24F2N4O2. The van der Waals surface area contributed by atoms with Crippen LogP contribution < -0.4 is 16.0 Å². The first-order valence-electron chi connectivity index (χ1n) is 8.18. The van der Waals surface area contributed by atoms with Crippen molar-refractivity contribution in [1.82, 2.24) is 20.9 Å². The van der Waals surface area contributed by atoms with Gasteiger partial charge in [-0.3, -0.25) is 14.9 Å². The van der Waals surface area contributed by atoms with Gasteiger partial charge in [-0.1, -0.05) is 12.1 Å². The van der Waals surface area contributed by atoms with Crippen LogP contribution in [-0.4, -0.2) is 62.4 Å². The second-order valence-corrected chi connectivity index (χ2v) is 6.47. The van der Waals surface area contributed by atoms with E-state index in [0.29, 0.717) is 12.1 Å². The maximum absolute atomic E-state index is 13.1. The zero-order chi connectivity index (χ0) is 18.4. The highest BCUT2D eigenvalue weighted by atomic mass is 19.3. The van der Waals surface area contributed by atoms with Gasteiger partial charge >= 0.3 is 0 Å². The molecule has 1 aromatic rings. The molecule has 1 aliphatic rings. The van der Waals surface area contributed by atoms with E-state index in [1.165, 1.54) is 0 Å².